The summed E-state index contributed by atoms with van der Waals surface area (Å²) in [5.41, 5.74) is 5.45. The van der Waals surface area contributed by atoms with Gasteiger partial charge in [0.05, 0.1) is 6.54 Å². The molecule has 2 aliphatic heterocycles. The zero-order valence-corrected chi connectivity index (χ0v) is 18.9. The number of tetrazole rings is 2. The third kappa shape index (κ3) is 4.93. The molecule has 4 heterocycles. The van der Waals surface area contributed by atoms with E-state index in [-0.39, 0.29) is 31.1 Å². The van der Waals surface area contributed by atoms with E-state index in [4.69, 9.17) is 5.73 Å². The number of nitrogens with two attached hydrogens (primary N) is 1. The molecule has 1 fully saturated rings. The van der Waals surface area contributed by atoms with Gasteiger partial charge in [-0.25, -0.2) is 19.0 Å². The number of carbonyl (C=O) groups excluding carboxylic acids is 3. The molecule has 1 saturated heterocycles. The number of amides is 4. The van der Waals surface area contributed by atoms with Crippen LogP contribution in [-0.2, 0) is 27.5 Å². The van der Waals surface area contributed by atoms with E-state index in [0.717, 1.165) is 0 Å². The number of carboxylic acid groups (broad SMARTS) is 1. The Morgan fingerprint density at radius 2 is 2.12 bits per heavy atom. The zero-order chi connectivity index (χ0) is 24.2. The van der Waals surface area contributed by atoms with Crippen molar-refractivity contribution < 1.29 is 24.3 Å². The van der Waals surface area contributed by atoms with Crippen LogP contribution in [0.25, 0.3) is 0 Å². The minimum atomic E-state index is -1.24. The molecular weight excluding hydrogens is 492 g/mol. The fraction of sp³-hybridized carbons (Fsp3) is 0.467. The average molecular weight is 511 g/mol. The number of primary amides is 1. The zero-order valence-electron chi connectivity index (χ0n) is 17.3. The molecule has 0 radical (unpaired) electrons. The maximum absolute atomic E-state index is 12.7. The van der Waals surface area contributed by atoms with E-state index in [1.54, 1.807) is 0 Å². The number of thioether (sulfide) groups is 2. The summed E-state index contributed by atoms with van der Waals surface area (Å²) in [7, 11) is 0. The Morgan fingerprint density at radius 3 is 2.82 bits per heavy atom. The van der Waals surface area contributed by atoms with Gasteiger partial charge in [0.1, 0.15) is 30.0 Å². The third-order valence-corrected chi connectivity index (χ3v) is 7.14. The maximum atomic E-state index is 12.7. The predicted molar refractivity (Wildman–Crippen MR) is 114 cm³/mol. The van der Waals surface area contributed by atoms with Gasteiger partial charge in [0.15, 0.2) is 0 Å². The lowest BCUT2D eigenvalue weighted by Gasteiger charge is -2.49. The first-order chi connectivity index (χ1) is 16.3. The number of β-lactam (4-membered cyclic amide) rings is 1. The number of fused-ring (bicyclic) bond motifs is 1. The van der Waals surface area contributed by atoms with Gasteiger partial charge >= 0.3 is 12.0 Å². The largest absolute Gasteiger partial charge is 0.477 e. The molecule has 0 bridgehead atoms. The Balaban J connectivity index is 1.39. The number of hydrogen-bond acceptors (Lipinski definition) is 12. The molecule has 4 rings (SSSR count). The van der Waals surface area contributed by atoms with Crippen molar-refractivity contribution in [3.63, 3.8) is 0 Å². The fourth-order valence-electron chi connectivity index (χ4n) is 3.29. The van der Waals surface area contributed by atoms with Crippen LogP contribution in [-0.4, -0.2) is 104 Å². The summed E-state index contributed by atoms with van der Waals surface area (Å²) in [6.07, 6.45) is 1.27. The monoisotopic (exact) mass is 510 g/mol. The summed E-state index contributed by atoms with van der Waals surface area (Å²) in [6, 6.07) is -1.51. The Bertz CT molecular complexity index is 1130. The number of carbonyl (C=O) groups is 4. The summed E-state index contributed by atoms with van der Waals surface area (Å²) >= 11 is 2.55. The highest BCUT2D eigenvalue weighted by Gasteiger charge is 2.54. The highest BCUT2D eigenvalue weighted by molar-refractivity contribution is 8.01. The van der Waals surface area contributed by atoms with Crippen molar-refractivity contribution in [2.24, 2.45) is 5.73 Å². The van der Waals surface area contributed by atoms with Crippen LogP contribution in [0, 0.1) is 0 Å². The number of urea groups is 1. The van der Waals surface area contributed by atoms with Gasteiger partial charge in [-0.15, -0.1) is 22.0 Å². The molecule has 0 aliphatic carbocycles. The van der Waals surface area contributed by atoms with Crippen molar-refractivity contribution in [3.8, 4) is 0 Å². The van der Waals surface area contributed by atoms with Crippen molar-refractivity contribution in [1.29, 1.82) is 0 Å². The lowest BCUT2D eigenvalue weighted by molar-refractivity contribution is -0.150. The van der Waals surface area contributed by atoms with Crippen LogP contribution in [0.3, 0.4) is 0 Å². The Kier molecular flexibility index (Phi) is 6.91. The van der Waals surface area contributed by atoms with Gasteiger partial charge in [-0.2, -0.15) is 0 Å². The molecule has 0 spiro atoms. The van der Waals surface area contributed by atoms with Gasteiger partial charge in [-0.05, 0) is 26.4 Å². The van der Waals surface area contributed by atoms with Gasteiger partial charge in [0, 0.05) is 18.1 Å². The second kappa shape index (κ2) is 10.0. The maximum Gasteiger partial charge on any atom is 0.352 e. The molecule has 0 saturated carbocycles. The smallest absolute Gasteiger partial charge is 0.352 e. The number of carboxylic acids is 1. The van der Waals surface area contributed by atoms with Crippen molar-refractivity contribution in [2.45, 2.75) is 29.7 Å². The molecule has 4 amide bonds. The Labute approximate surface area is 198 Å². The molecular formula is C15H18N12O5S2. The lowest BCUT2D eigenvalue weighted by Crippen LogP contribution is -2.70. The van der Waals surface area contributed by atoms with Crippen LogP contribution < -0.4 is 16.4 Å². The summed E-state index contributed by atoms with van der Waals surface area (Å²) in [4.78, 5) is 48.9. The molecule has 34 heavy (non-hydrogen) atoms. The van der Waals surface area contributed by atoms with Gasteiger partial charge in [-0.1, -0.05) is 11.8 Å². The predicted octanol–water partition coefficient (Wildman–Crippen LogP) is -3.14. The van der Waals surface area contributed by atoms with Gasteiger partial charge in [-0.3, -0.25) is 14.5 Å². The lowest BCUT2D eigenvalue weighted by atomic mass is 10.0. The number of aliphatic carboxylic acids is 1. The first kappa shape index (κ1) is 23.4. The van der Waals surface area contributed by atoms with Crippen LogP contribution in [0.4, 0.5) is 4.79 Å². The molecule has 5 N–H and O–H groups in total. The molecule has 2 aromatic rings. The molecule has 0 aromatic carbocycles. The van der Waals surface area contributed by atoms with Crippen molar-refractivity contribution in [2.75, 3.05) is 18.1 Å². The molecule has 2 aliphatic rings. The Hall–Kier alpha value is -3.74. The molecule has 17 nitrogen and oxygen atoms in total. The highest BCUT2D eigenvalue weighted by Crippen LogP contribution is 2.41. The molecule has 19 heteroatoms. The molecule has 2 atom stereocenters. The topological polar surface area (TPSA) is 229 Å². The van der Waals surface area contributed by atoms with Crippen LogP contribution in [0.2, 0.25) is 0 Å². The third-order valence-electron chi connectivity index (χ3n) is 4.76. The van der Waals surface area contributed by atoms with E-state index >= 15 is 0 Å². The number of rotatable bonds is 10. The molecule has 2 aromatic heterocycles. The summed E-state index contributed by atoms with van der Waals surface area (Å²) < 4.78 is 2.66. The van der Waals surface area contributed by atoms with E-state index in [9.17, 15) is 24.3 Å². The SMILES string of the molecule is NC(=O)NCCn1nnnc1SCC1=C(C(=O)O)N2C(=O)C(NC(=O)Cn3cnnn3)[C@H]2SC1. The van der Waals surface area contributed by atoms with Crippen LogP contribution in [0.5, 0.6) is 0 Å². The number of hydrogen-bond donors (Lipinski definition) is 4. The second-order valence-electron chi connectivity index (χ2n) is 6.98. The molecule has 1 unspecified atom stereocenters. The van der Waals surface area contributed by atoms with E-state index in [0.29, 0.717) is 16.5 Å². The number of aromatic nitrogens is 8. The quantitative estimate of drug-likeness (QED) is 0.183. The second-order valence-corrected chi connectivity index (χ2v) is 9.03. The van der Waals surface area contributed by atoms with Gasteiger partial charge < -0.3 is 21.5 Å². The highest BCUT2D eigenvalue weighted by atomic mass is 32.2. The first-order valence-electron chi connectivity index (χ1n) is 9.67. The minimum Gasteiger partial charge on any atom is -0.477 e. The van der Waals surface area contributed by atoms with Crippen molar-refractivity contribution in [3.05, 3.63) is 17.6 Å². The standard InChI is InChI=1S/C15H18N12O5S2/c16-14(32)17-1-2-26-15(20-22-24-26)34-5-7-4-33-12-9(11(29)27(12)10(7)13(30)31)19-8(28)3-25-6-18-21-23-25/h6,9,12H,1-5H2,(H,19,28)(H,30,31)(H3,16,17,32)/t9?,12-/m1/s1. The normalized spacial score (nSPS) is 19.4. The van der Waals surface area contributed by atoms with Gasteiger partial charge in [0.25, 0.3) is 5.91 Å². The summed E-state index contributed by atoms with van der Waals surface area (Å²) in [6.45, 7) is 0.329. The van der Waals surface area contributed by atoms with E-state index < -0.39 is 35.2 Å². The van der Waals surface area contributed by atoms with Gasteiger partial charge in [0.2, 0.25) is 11.1 Å². The van der Waals surface area contributed by atoms with E-state index in [2.05, 4.69) is 41.7 Å². The van der Waals surface area contributed by atoms with Crippen LogP contribution in [0.1, 0.15) is 0 Å². The Morgan fingerprint density at radius 1 is 1.29 bits per heavy atom. The number of nitrogens with zero attached hydrogens (tertiary/aromatic N) is 9. The fourth-order valence-corrected chi connectivity index (χ4v) is 5.68. The molecule has 180 valence electrons. The van der Waals surface area contributed by atoms with Crippen LogP contribution >= 0.6 is 23.5 Å². The van der Waals surface area contributed by atoms with E-state index in [1.807, 2.05) is 0 Å². The van der Waals surface area contributed by atoms with Crippen molar-refractivity contribution >= 4 is 47.3 Å². The van der Waals surface area contributed by atoms with Crippen molar-refractivity contribution in [1.82, 2.24) is 55.9 Å². The van der Waals surface area contributed by atoms with E-state index in [1.165, 1.54) is 44.1 Å². The summed E-state index contributed by atoms with van der Waals surface area (Å²) in [5, 5.41) is 36.5. The first-order valence-corrected chi connectivity index (χ1v) is 11.7. The van der Waals surface area contributed by atoms with Crippen LogP contribution in [0.15, 0.2) is 22.8 Å². The number of nitrogens with one attached hydrogen (secondary N) is 2. The minimum absolute atomic E-state index is 0.110. The average Bonchev–Trinajstić information content (AvgIpc) is 3.47. The summed E-state index contributed by atoms with van der Waals surface area (Å²) in [5.74, 6) is -1.65.